The summed E-state index contributed by atoms with van der Waals surface area (Å²) in [6, 6.07) is 0. The summed E-state index contributed by atoms with van der Waals surface area (Å²) in [4.78, 5) is 0. The van der Waals surface area contributed by atoms with E-state index in [-0.39, 0.29) is 5.41 Å². The van der Waals surface area contributed by atoms with Gasteiger partial charge in [0, 0.05) is 25.0 Å². The monoisotopic (exact) mass is 192 g/mol. The highest BCUT2D eigenvalue weighted by atomic mass is 32.2. The van der Waals surface area contributed by atoms with Crippen molar-refractivity contribution < 1.29 is 8.42 Å². The van der Waals surface area contributed by atoms with Crippen molar-refractivity contribution in [2.24, 2.45) is 11.1 Å². The average molecular weight is 192 g/mol. The highest BCUT2D eigenvalue weighted by molar-refractivity contribution is 7.88. The highest BCUT2D eigenvalue weighted by Gasteiger charge is 2.44. The van der Waals surface area contributed by atoms with Gasteiger partial charge in [-0.15, -0.1) is 0 Å². The molecule has 0 radical (unpaired) electrons. The van der Waals surface area contributed by atoms with Gasteiger partial charge in [-0.3, -0.25) is 0 Å². The summed E-state index contributed by atoms with van der Waals surface area (Å²) >= 11 is 0. The van der Waals surface area contributed by atoms with Gasteiger partial charge in [0.1, 0.15) is 0 Å². The normalized spacial score (nSPS) is 23.6. The summed E-state index contributed by atoms with van der Waals surface area (Å²) in [6.45, 7) is 3.82. The standard InChI is InChI=1S/C7H16N2O2S/c1-3-7(4-8)5-9(6-7)12(2,10)11/h3-6,8H2,1-2H3. The van der Waals surface area contributed by atoms with Crippen LogP contribution in [0.4, 0.5) is 0 Å². The summed E-state index contributed by atoms with van der Waals surface area (Å²) in [5.74, 6) is 0. The molecule has 0 amide bonds. The highest BCUT2D eigenvalue weighted by Crippen LogP contribution is 2.33. The van der Waals surface area contributed by atoms with E-state index in [9.17, 15) is 8.42 Å². The number of rotatable bonds is 3. The van der Waals surface area contributed by atoms with Crippen LogP contribution in [0, 0.1) is 5.41 Å². The van der Waals surface area contributed by atoms with Gasteiger partial charge in [0.2, 0.25) is 10.0 Å². The Labute approximate surface area is 73.8 Å². The van der Waals surface area contributed by atoms with E-state index < -0.39 is 10.0 Å². The van der Waals surface area contributed by atoms with Crippen LogP contribution >= 0.6 is 0 Å². The van der Waals surface area contributed by atoms with Gasteiger partial charge in [0.05, 0.1) is 6.26 Å². The molecule has 4 nitrogen and oxygen atoms in total. The Morgan fingerprint density at radius 1 is 1.50 bits per heavy atom. The maximum Gasteiger partial charge on any atom is 0.211 e. The summed E-state index contributed by atoms with van der Waals surface area (Å²) in [6.07, 6.45) is 2.19. The minimum absolute atomic E-state index is 0.0586. The topological polar surface area (TPSA) is 63.4 Å². The van der Waals surface area contributed by atoms with E-state index in [1.54, 1.807) is 0 Å². The second kappa shape index (κ2) is 2.97. The number of nitrogens with zero attached hydrogens (tertiary/aromatic N) is 1. The molecule has 1 heterocycles. The van der Waals surface area contributed by atoms with Crippen molar-refractivity contribution in [3.63, 3.8) is 0 Å². The number of hydrogen-bond donors (Lipinski definition) is 1. The van der Waals surface area contributed by atoms with E-state index >= 15 is 0 Å². The molecular weight excluding hydrogens is 176 g/mol. The fraction of sp³-hybridized carbons (Fsp3) is 1.00. The van der Waals surface area contributed by atoms with E-state index in [0.29, 0.717) is 19.6 Å². The fourth-order valence-electron chi connectivity index (χ4n) is 1.43. The molecule has 0 bridgehead atoms. The van der Waals surface area contributed by atoms with E-state index in [1.165, 1.54) is 10.6 Å². The Balaban J connectivity index is 2.57. The van der Waals surface area contributed by atoms with Gasteiger partial charge in [0.25, 0.3) is 0 Å². The smallest absolute Gasteiger partial charge is 0.211 e. The first-order valence-corrected chi connectivity index (χ1v) is 5.93. The molecule has 0 unspecified atom stereocenters. The second-order valence-corrected chi connectivity index (χ2v) is 5.57. The van der Waals surface area contributed by atoms with Crippen LogP contribution in [0.2, 0.25) is 0 Å². The van der Waals surface area contributed by atoms with E-state index in [2.05, 4.69) is 0 Å². The molecule has 0 spiro atoms. The molecule has 1 aliphatic rings. The Morgan fingerprint density at radius 2 is 2.00 bits per heavy atom. The quantitative estimate of drug-likeness (QED) is 0.663. The average Bonchev–Trinajstić information content (AvgIpc) is 1.85. The molecule has 0 aliphatic carbocycles. The van der Waals surface area contributed by atoms with Crippen LogP contribution in [-0.2, 0) is 10.0 Å². The Kier molecular flexibility index (Phi) is 2.47. The minimum atomic E-state index is -2.98. The van der Waals surface area contributed by atoms with Gasteiger partial charge >= 0.3 is 0 Å². The third-order valence-corrected chi connectivity index (χ3v) is 3.87. The summed E-state index contributed by atoms with van der Waals surface area (Å²) in [5, 5.41) is 0. The van der Waals surface area contributed by atoms with Crippen LogP contribution in [0.5, 0.6) is 0 Å². The zero-order valence-corrected chi connectivity index (χ0v) is 8.39. The molecule has 72 valence electrons. The minimum Gasteiger partial charge on any atom is -0.330 e. The Hall–Kier alpha value is -0.130. The lowest BCUT2D eigenvalue weighted by molar-refractivity contribution is 0.0755. The van der Waals surface area contributed by atoms with Gasteiger partial charge < -0.3 is 5.73 Å². The molecule has 2 N–H and O–H groups in total. The first kappa shape index (κ1) is 9.95. The summed E-state index contributed by atoms with van der Waals surface area (Å²) in [5.41, 5.74) is 5.62. The van der Waals surface area contributed by atoms with E-state index in [0.717, 1.165) is 6.42 Å². The van der Waals surface area contributed by atoms with Gasteiger partial charge in [-0.2, -0.15) is 0 Å². The van der Waals surface area contributed by atoms with Crippen molar-refractivity contribution >= 4 is 10.0 Å². The van der Waals surface area contributed by atoms with Crippen molar-refractivity contribution in [2.45, 2.75) is 13.3 Å². The molecule has 1 rings (SSSR count). The largest absolute Gasteiger partial charge is 0.330 e. The van der Waals surface area contributed by atoms with Crippen LogP contribution in [-0.4, -0.2) is 38.6 Å². The third kappa shape index (κ3) is 1.62. The predicted molar refractivity (Wildman–Crippen MR) is 48.2 cm³/mol. The maximum atomic E-state index is 11.0. The van der Waals surface area contributed by atoms with Crippen molar-refractivity contribution in [3.05, 3.63) is 0 Å². The number of nitrogens with two attached hydrogens (primary N) is 1. The first-order valence-electron chi connectivity index (χ1n) is 4.09. The van der Waals surface area contributed by atoms with E-state index in [1.807, 2.05) is 6.92 Å². The van der Waals surface area contributed by atoms with E-state index in [4.69, 9.17) is 5.73 Å². The van der Waals surface area contributed by atoms with Crippen LogP contribution in [0.15, 0.2) is 0 Å². The molecule has 0 aromatic carbocycles. The fourth-order valence-corrected chi connectivity index (χ4v) is 2.45. The molecule has 0 atom stereocenters. The summed E-state index contributed by atoms with van der Waals surface area (Å²) < 4.78 is 23.5. The Morgan fingerprint density at radius 3 is 2.25 bits per heavy atom. The third-order valence-electron chi connectivity index (χ3n) is 2.68. The first-order chi connectivity index (χ1) is 5.43. The molecule has 0 aromatic heterocycles. The molecule has 12 heavy (non-hydrogen) atoms. The molecule has 1 fully saturated rings. The molecule has 0 saturated carbocycles. The van der Waals surface area contributed by atoms with Gasteiger partial charge in [0.15, 0.2) is 0 Å². The molecule has 1 aliphatic heterocycles. The zero-order chi connectivity index (χ0) is 9.41. The Bertz CT molecular complexity index is 249. The molecule has 0 aromatic rings. The van der Waals surface area contributed by atoms with Crippen LogP contribution in [0.3, 0.4) is 0 Å². The van der Waals surface area contributed by atoms with Crippen molar-refractivity contribution in [1.29, 1.82) is 0 Å². The number of hydrogen-bond acceptors (Lipinski definition) is 3. The molecule has 5 heteroatoms. The van der Waals surface area contributed by atoms with Gasteiger partial charge in [-0.1, -0.05) is 6.92 Å². The number of sulfonamides is 1. The zero-order valence-electron chi connectivity index (χ0n) is 7.58. The SMILES string of the molecule is CCC1(CN)CN(S(C)(=O)=O)C1. The van der Waals surface area contributed by atoms with Gasteiger partial charge in [-0.05, 0) is 6.42 Å². The van der Waals surface area contributed by atoms with Crippen LogP contribution in [0.25, 0.3) is 0 Å². The van der Waals surface area contributed by atoms with Crippen LogP contribution in [0.1, 0.15) is 13.3 Å². The molecular formula is C7H16N2O2S. The van der Waals surface area contributed by atoms with Gasteiger partial charge in [-0.25, -0.2) is 12.7 Å². The predicted octanol–water partition coefficient (Wildman–Crippen LogP) is -0.383. The maximum absolute atomic E-state index is 11.0. The summed E-state index contributed by atoms with van der Waals surface area (Å²) in [7, 11) is -2.98. The van der Waals surface area contributed by atoms with Crippen molar-refractivity contribution in [2.75, 3.05) is 25.9 Å². The van der Waals surface area contributed by atoms with Crippen molar-refractivity contribution in [1.82, 2.24) is 4.31 Å². The lowest BCUT2D eigenvalue weighted by Gasteiger charge is -2.47. The second-order valence-electron chi connectivity index (χ2n) is 3.59. The van der Waals surface area contributed by atoms with Crippen molar-refractivity contribution in [3.8, 4) is 0 Å². The lowest BCUT2D eigenvalue weighted by Crippen LogP contribution is -2.60. The molecule has 1 saturated heterocycles. The van der Waals surface area contributed by atoms with Crippen LogP contribution < -0.4 is 5.73 Å². The lowest BCUT2D eigenvalue weighted by atomic mass is 9.79.